The number of aromatic nitrogens is 2. The highest BCUT2D eigenvalue weighted by molar-refractivity contribution is 6.30. The number of nitrogens with zero attached hydrogens (tertiary/aromatic N) is 3. The van der Waals surface area contributed by atoms with Crippen molar-refractivity contribution in [2.45, 2.75) is 96.6 Å². The van der Waals surface area contributed by atoms with Crippen LogP contribution in [0.4, 0.5) is 4.79 Å². The van der Waals surface area contributed by atoms with E-state index in [0.717, 1.165) is 55.4 Å². The number of rotatable bonds is 15. The minimum Gasteiger partial charge on any atom is -0.449 e. The molecule has 2 heterocycles. The Hall–Kier alpha value is -3.10. The van der Waals surface area contributed by atoms with E-state index in [1.54, 1.807) is 13.4 Å². The molecule has 9 heteroatoms. The van der Waals surface area contributed by atoms with Gasteiger partial charge in [0.1, 0.15) is 5.60 Å². The predicted octanol–water partition coefficient (Wildman–Crippen LogP) is 8.24. The molecule has 0 spiro atoms. The minimum absolute atomic E-state index is 0.0257. The van der Waals surface area contributed by atoms with Crippen LogP contribution in [-0.4, -0.2) is 58.9 Å². The zero-order valence-corrected chi connectivity index (χ0v) is 29.4. The van der Waals surface area contributed by atoms with Crippen LogP contribution in [0.2, 0.25) is 5.02 Å². The van der Waals surface area contributed by atoms with Gasteiger partial charge in [0.05, 0.1) is 30.9 Å². The topological polar surface area (TPSA) is 85.7 Å². The molecule has 2 amide bonds. The highest BCUT2D eigenvalue weighted by Gasteiger charge is 2.51. The van der Waals surface area contributed by atoms with E-state index in [9.17, 15) is 9.59 Å². The SMILES string of the molecule is C=CCC(c1ccc(Cl)cc1/C(=C\CC)C(NC(=O)C1(OC)CC1)c1cncn1C)C1CCN(C(=O)OCC(C)(C)CCC)CC1. The molecule has 2 atom stereocenters. The summed E-state index contributed by atoms with van der Waals surface area (Å²) < 4.78 is 13.3. The summed E-state index contributed by atoms with van der Waals surface area (Å²) in [6.45, 7) is 14.4. The van der Waals surface area contributed by atoms with E-state index in [1.807, 2.05) is 40.9 Å². The summed E-state index contributed by atoms with van der Waals surface area (Å²) in [5, 5.41) is 3.96. The summed E-state index contributed by atoms with van der Waals surface area (Å²) in [5.74, 6) is 0.365. The van der Waals surface area contributed by atoms with E-state index in [2.05, 4.69) is 56.7 Å². The van der Waals surface area contributed by atoms with Gasteiger partial charge in [0.25, 0.3) is 5.91 Å². The summed E-state index contributed by atoms with van der Waals surface area (Å²) in [5.41, 5.74) is 3.23. The van der Waals surface area contributed by atoms with Gasteiger partial charge in [0, 0.05) is 32.3 Å². The largest absolute Gasteiger partial charge is 0.449 e. The van der Waals surface area contributed by atoms with Crippen LogP contribution in [0.3, 0.4) is 0 Å². The maximum atomic E-state index is 13.6. The maximum absolute atomic E-state index is 13.6. The van der Waals surface area contributed by atoms with E-state index in [4.69, 9.17) is 21.1 Å². The van der Waals surface area contributed by atoms with E-state index in [-0.39, 0.29) is 23.3 Å². The summed E-state index contributed by atoms with van der Waals surface area (Å²) in [6, 6.07) is 5.65. The van der Waals surface area contributed by atoms with Crippen molar-refractivity contribution in [1.82, 2.24) is 19.8 Å². The zero-order chi connectivity index (χ0) is 33.5. The Morgan fingerprint density at radius 1 is 1.24 bits per heavy atom. The van der Waals surface area contributed by atoms with Crippen LogP contribution in [0, 0.1) is 11.3 Å². The van der Waals surface area contributed by atoms with Crippen LogP contribution in [0.1, 0.15) is 108 Å². The Kier molecular flexibility index (Phi) is 12.2. The fourth-order valence-corrected chi connectivity index (χ4v) is 7.07. The van der Waals surface area contributed by atoms with Crippen molar-refractivity contribution in [2.75, 3.05) is 26.8 Å². The predicted molar refractivity (Wildman–Crippen MR) is 185 cm³/mol. The van der Waals surface area contributed by atoms with Crippen LogP contribution < -0.4 is 5.32 Å². The Labute approximate surface area is 280 Å². The van der Waals surface area contributed by atoms with Crippen molar-refractivity contribution in [3.05, 3.63) is 71.3 Å². The summed E-state index contributed by atoms with van der Waals surface area (Å²) in [4.78, 5) is 32.8. The Morgan fingerprint density at radius 2 is 1.96 bits per heavy atom. The van der Waals surface area contributed by atoms with Crippen molar-refractivity contribution in [2.24, 2.45) is 18.4 Å². The Balaban J connectivity index is 1.63. The molecular formula is C37H53ClN4O4. The molecule has 4 rings (SSSR count). The average molecular weight is 653 g/mol. The highest BCUT2D eigenvalue weighted by Crippen LogP contribution is 2.44. The monoisotopic (exact) mass is 652 g/mol. The maximum Gasteiger partial charge on any atom is 0.409 e. The third kappa shape index (κ3) is 8.43. The fraction of sp³-hybridized carbons (Fsp3) is 0.595. The summed E-state index contributed by atoms with van der Waals surface area (Å²) in [7, 11) is 3.54. The van der Waals surface area contributed by atoms with Crippen LogP contribution >= 0.6 is 11.6 Å². The number of amides is 2. The molecule has 8 nitrogen and oxygen atoms in total. The van der Waals surface area contributed by atoms with Crippen molar-refractivity contribution in [3.8, 4) is 0 Å². The Bertz CT molecular complexity index is 1390. The van der Waals surface area contributed by atoms with Gasteiger partial charge in [-0.1, -0.05) is 63.9 Å². The van der Waals surface area contributed by atoms with E-state index in [0.29, 0.717) is 43.5 Å². The molecule has 2 aromatic rings. The third-order valence-electron chi connectivity index (χ3n) is 9.70. The van der Waals surface area contributed by atoms with Crippen molar-refractivity contribution in [3.63, 3.8) is 0 Å². The first-order valence-electron chi connectivity index (χ1n) is 16.8. The molecule has 1 saturated heterocycles. The van der Waals surface area contributed by atoms with Crippen molar-refractivity contribution < 1.29 is 19.1 Å². The van der Waals surface area contributed by atoms with E-state index < -0.39 is 11.6 Å². The molecule has 252 valence electrons. The number of hydrogen-bond donors (Lipinski definition) is 1. The van der Waals surface area contributed by atoms with Gasteiger partial charge in [-0.3, -0.25) is 4.79 Å². The Morgan fingerprint density at radius 3 is 2.52 bits per heavy atom. The molecule has 2 aliphatic rings. The minimum atomic E-state index is -0.780. The van der Waals surface area contributed by atoms with Gasteiger partial charge in [-0.2, -0.15) is 0 Å². The van der Waals surface area contributed by atoms with Crippen LogP contribution in [0.5, 0.6) is 0 Å². The van der Waals surface area contributed by atoms with Crippen LogP contribution in [0.15, 0.2) is 49.5 Å². The number of benzene rings is 1. The number of aryl methyl sites for hydroxylation is 1. The zero-order valence-electron chi connectivity index (χ0n) is 28.6. The van der Waals surface area contributed by atoms with Gasteiger partial charge >= 0.3 is 6.09 Å². The molecule has 1 aliphatic carbocycles. The van der Waals surface area contributed by atoms with Gasteiger partial charge in [-0.05, 0) is 91.0 Å². The number of nitrogens with one attached hydrogen (secondary N) is 1. The van der Waals surface area contributed by atoms with Gasteiger partial charge in [0.2, 0.25) is 0 Å². The number of carbonyl (C=O) groups excluding carboxylic acids is 2. The number of halogens is 1. The molecule has 2 fully saturated rings. The number of hydrogen-bond acceptors (Lipinski definition) is 5. The van der Waals surface area contributed by atoms with Crippen molar-refractivity contribution >= 4 is 29.2 Å². The van der Waals surface area contributed by atoms with E-state index in [1.165, 1.54) is 5.56 Å². The lowest BCUT2D eigenvalue weighted by atomic mass is 9.75. The van der Waals surface area contributed by atoms with Gasteiger partial charge in [-0.15, -0.1) is 6.58 Å². The number of piperidine rings is 1. The number of carbonyl (C=O) groups is 2. The van der Waals surface area contributed by atoms with Gasteiger partial charge in [-0.25, -0.2) is 9.78 Å². The normalized spacial score (nSPS) is 18.2. The number of allylic oxidation sites excluding steroid dienone is 2. The highest BCUT2D eigenvalue weighted by atomic mass is 35.5. The quantitative estimate of drug-likeness (QED) is 0.196. The molecule has 1 N–H and O–H groups in total. The molecular weight excluding hydrogens is 600 g/mol. The second kappa shape index (κ2) is 15.7. The number of ether oxygens (including phenoxy) is 2. The second-order valence-electron chi connectivity index (χ2n) is 13.8. The molecule has 1 aromatic heterocycles. The van der Waals surface area contributed by atoms with Gasteiger partial charge in [0.15, 0.2) is 0 Å². The molecule has 0 bridgehead atoms. The smallest absolute Gasteiger partial charge is 0.409 e. The number of methoxy groups -OCH3 is 1. The van der Waals surface area contributed by atoms with Crippen LogP contribution in [0.25, 0.3) is 5.57 Å². The molecule has 0 radical (unpaired) electrons. The molecule has 1 aromatic carbocycles. The molecule has 1 aliphatic heterocycles. The first-order chi connectivity index (χ1) is 22.0. The standard InChI is InChI=1S/C37H53ClN4O4/c1-8-11-28(26-15-20-42(21-16-26)35(44)46-24-36(4,5)17-10-3)29-14-13-27(38)22-31(29)30(12-9-2)33(32-23-39-25-41(32)6)40-34(43)37(45-7)18-19-37/h8,12-14,22-23,25-26,28,33H,1,9-11,15-21,24H2,2-7H3,(H,40,43)/b30-12+. The second-order valence-corrected chi connectivity index (χ2v) is 14.2. The lowest BCUT2D eigenvalue weighted by Crippen LogP contribution is -2.41. The van der Waals surface area contributed by atoms with Crippen LogP contribution in [-0.2, 0) is 21.3 Å². The third-order valence-corrected chi connectivity index (χ3v) is 9.93. The molecule has 1 saturated carbocycles. The van der Waals surface area contributed by atoms with Crippen molar-refractivity contribution in [1.29, 1.82) is 0 Å². The summed E-state index contributed by atoms with van der Waals surface area (Å²) >= 11 is 6.71. The molecule has 46 heavy (non-hydrogen) atoms. The first-order valence-corrected chi connectivity index (χ1v) is 17.2. The van der Waals surface area contributed by atoms with Gasteiger partial charge < -0.3 is 24.3 Å². The lowest BCUT2D eigenvalue weighted by molar-refractivity contribution is -0.134. The first kappa shape index (κ1) is 35.7. The average Bonchev–Trinajstić information content (AvgIpc) is 3.74. The molecule has 2 unspecified atom stereocenters. The lowest BCUT2D eigenvalue weighted by Gasteiger charge is -2.37. The van der Waals surface area contributed by atoms with E-state index >= 15 is 0 Å². The fourth-order valence-electron chi connectivity index (χ4n) is 6.90. The summed E-state index contributed by atoms with van der Waals surface area (Å²) in [6.07, 6.45) is 14.3. The number of imidazole rings is 1. The number of likely N-dealkylation sites (tertiary alicyclic amines) is 1.